The third-order valence-corrected chi connectivity index (χ3v) is 5.01. The Bertz CT molecular complexity index is 553. The van der Waals surface area contributed by atoms with Gasteiger partial charge in [-0.1, -0.05) is 30.3 Å². The van der Waals surface area contributed by atoms with Crippen LogP contribution in [-0.2, 0) is 21.5 Å². The Balaban J connectivity index is 1.86. The maximum absolute atomic E-state index is 13.7. The van der Waals surface area contributed by atoms with Gasteiger partial charge in [0, 0.05) is 6.42 Å². The van der Waals surface area contributed by atoms with Crippen molar-refractivity contribution in [1.82, 2.24) is 0 Å². The first-order chi connectivity index (χ1) is 9.24. The predicted octanol–water partition coefficient (Wildman–Crippen LogP) is 2.65. The molecule has 0 heterocycles. The minimum Gasteiger partial charge on any atom is -0.371 e. The van der Waals surface area contributed by atoms with Crippen LogP contribution >= 0.6 is 0 Å². The zero-order valence-corrected chi connectivity index (χ0v) is 11.6. The van der Waals surface area contributed by atoms with Crippen LogP contribution in [0.15, 0.2) is 30.3 Å². The molecule has 2 rings (SSSR count). The van der Waals surface area contributed by atoms with Crippen LogP contribution in [-0.4, -0.2) is 30.2 Å². The third kappa shape index (κ3) is 3.74. The van der Waals surface area contributed by atoms with Gasteiger partial charge in [-0.2, -0.15) is 8.42 Å². The second kappa shape index (κ2) is 5.38. The Morgan fingerprint density at radius 1 is 1.25 bits per heavy atom. The average molecular weight is 306 g/mol. The molecule has 4 nitrogen and oxygen atoms in total. The summed E-state index contributed by atoms with van der Waals surface area (Å²) in [6, 6.07) is 8.85. The SMILES string of the molecule is O=S(=O)(O)C1(CC(F)(F)COCc2ccccc2)CC1. The molecule has 1 aromatic carbocycles. The second-order valence-electron chi connectivity index (χ2n) is 5.17. The first-order valence-electron chi connectivity index (χ1n) is 6.21. The molecular formula is C13H16F2O4S. The predicted molar refractivity (Wildman–Crippen MR) is 69.2 cm³/mol. The van der Waals surface area contributed by atoms with Crippen LogP contribution in [0.25, 0.3) is 0 Å². The number of benzene rings is 1. The van der Waals surface area contributed by atoms with E-state index in [1.54, 1.807) is 30.3 Å². The van der Waals surface area contributed by atoms with Crippen molar-refractivity contribution in [2.24, 2.45) is 0 Å². The van der Waals surface area contributed by atoms with E-state index >= 15 is 0 Å². The lowest BCUT2D eigenvalue weighted by atomic mass is 10.1. The molecule has 112 valence electrons. The molecule has 20 heavy (non-hydrogen) atoms. The van der Waals surface area contributed by atoms with Gasteiger partial charge in [0.05, 0.1) is 6.61 Å². The standard InChI is InChI=1S/C13H16F2O4S/c14-13(15,9-12(6-7-12)20(16,17)18)10-19-8-11-4-2-1-3-5-11/h1-5H,6-10H2,(H,16,17,18). The largest absolute Gasteiger partial charge is 0.371 e. The number of rotatable bonds is 7. The van der Waals surface area contributed by atoms with E-state index in [0.29, 0.717) is 0 Å². The van der Waals surface area contributed by atoms with Crippen LogP contribution in [0.1, 0.15) is 24.8 Å². The zero-order valence-electron chi connectivity index (χ0n) is 10.8. The highest BCUT2D eigenvalue weighted by molar-refractivity contribution is 7.87. The molecular weight excluding hydrogens is 290 g/mol. The Morgan fingerprint density at radius 3 is 2.35 bits per heavy atom. The van der Waals surface area contributed by atoms with Gasteiger partial charge in [-0.05, 0) is 18.4 Å². The Kier molecular flexibility index (Phi) is 4.13. The summed E-state index contributed by atoms with van der Waals surface area (Å²) in [5, 5.41) is 0. The van der Waals surface area contributed by atoms with Crippen LogP contribution in [0.5, 0.6) is 0 Å². The fourth-order valence-electron chi connectivity index (χ4n) is 2.08. The zero-order chi connectivity index (χ0) is 14.9. The summed E-state index contributed by atoms with van der Waals surface area (Å²) in [5.74, 6) is -3.28. The van der Waals surface area contributed by atoms with Crippen molar-refractivity contribution in [1.29, 1.82) is 0 Å². The molecule has 0 bridgehead atoms. The van der Waals surface area contributed by atoms with Crippen LogP contribution in [0.4, 0.5) is 8.78 Å². The highest BCUT2D eigenvalue weighted by Gasteiger charge is 2.59. The highest BCUT2D eigenvalue weighted by Crippen LogP contribution is 2.49. The van der Waals surface area contributed by atoms with Gasteiger partial charge in [0.25, 0.3) is 16.0 Å². The lowest BCUT2D eigenvalue weighted by Crippen LogP contribution is -2.34. The Hall–Kier alpha value is -1.05. The minimum absolute atomic E-state index is 0.0370. The van der Waals surface area contributed by atoms with Crippen molar-refractivity contribution in [2.45, 2.75) is 36.5 Å². The number of hydrogen-bond donors (Lipinski definition) is 1. The van der Waals surface area contributed by atoms with Gasteiger partial charge < -0.3 is 4.74 Å². The van der Waals surface area contributed by atoms with Crippen molar-refractivity contribution in [3.8, 4) is 0 Å². The molecule has 0 amide bonds. The number of halogens is 2. The quantitative estimate of drug-likeness (QED) is 0.787. The number of ether oxygens (including phenoxy) is 1. The van der Waals surface area contributed by atoms with Crippen molar-refractivity contribution in [3.63, 3.8) is 0 Å². The van der Waals surface area contributed by atoms with Gasteiger partial charge in [0.1, 0.15) is 11.4 Å². The fourth-order valence-corrected chi connectivity index (χ4v) is 3.09. The van der Waals surface area contributed by atoms with Gasteiger partial charge in [-0.25, -0.2) is 8.78 Å². The van der Waals surface area contributed by atoms with Gasteiger partial charge in [0.15, 0.2) is 0 Å². The lowest BCUT2D eigenvalue weighted by Gasteiger charge is -2.21. The van der Waals surface area contributed by atoms with Gasteiger partial charge in [-0.15, -0.1) is 0 Å². The molecule has 7 heteroatoms. The molecule has 0 aliphatic heterocycles. The number of alkyl halides is 2. The normalized spacial score (nSPS) is 17.9. The molecule has 0 aromatic heterocycles. The summed E-state index contributed by atoms with van der Waals surface area (Å²) in [6.07, 6.45) is -0.756. The molecule has 1 aliphatic rings. The fraction of sp³-hybridized carbons (Fsp3) is 0.538. The van der Waals surface area contributed by atoms with Crippen LogP contribution in [0.2, 0.25) is 0 Å². The second-order valence-corrected chi connectivity index (χ2v) is 6.99. The average Bonchev–Trinajstić information content (AvgIpc) is 3.09. The van der Waals surface area contributed by atoms with E-state index in [1.807, 2.05) is 0 Å². The molecule has 1 N–H and O–H groups in total. The lowest BCUT2D eigenvalue weighted by molar-refractivity contribution is -0.0884. The third-order valence-electron chi connectivity index (χ3n) is 3.36. The van der Waals surface area contributed by atoms with Crippen LogP contribution in [0.3, 0.4) is 0 Å². The van der Waals surface area contributed by atoms with Crippen LogP contribution in [0, 0.1) is 0 Å². The maximum Gasteiger partial charge on any atom is 0.272 e. The summed E-state index contributed by atoms with van der Waals surface area (Å²) in [5.41, 5.74) is 0.763. The first-order valence-corrected chi connectivity index (χ1v) is 7.65. The van der Waals surface area contributed by atoms with Crippen molar-refractivity contribution < 1.29 is 26.5 Å². The summed E-state index contributed by atoms with van der Waals surface area (Å²) in [4.78, 5) is 0. The summed E-state index contributed by atoms with van der Waals surface area (Å²) in [7, 11) is -4.44. The molecule has 1 aliphatic carbocycles. The van der Waals surface area contributed by atoms with Crippen molar-refractivity contribution >= 4 is 10.1 Å². The Labute approximate surface area is 116 Å². The van der Waals surface area contributed by atoms with Gasteiger partial charge in [-0.3, -0.25) is 4.55 Å². The Morgan fingerprint density at radius 2 is 1.85 bits per heavy atom. The molecule has 0 spiro atoms. The first kappa shape index (κ1) is 15.3. The van der Waals surface area contributed by atoms with Crippen molar-refractivity contribution in [3.05, 3.63) is 35.9 Å². The molecule has 0 saturated heterocycles. The van der Waals surface area contributed by atoms with Crippen LogP contribution < -0.4 is 0 Å². The monoisotopic (exact) mass is 306 g/mol. The minimum atomic E-state index is -4.44. The molecule has 1 aromatic rings. The van der Waals surface area contributed by atoms with E-state index < -0.39 is 33.8 Å². The van der Waals surface area contributed by atoms with E-state index in [1.165, 1.54) is 0 Å². The summed E-state index contributed by atoms with van der Waals surface area (Å²) >= 11 is 0. The molecule has 0 atom stereocenters. The van der Waals surface area contributed by atoms with Crippen molar-refractivity contribution in [2.75, 3.05) is 6.61 Å². The topological polar surface area (TPSA) is 63.6 Å². The van der Waals surface area contributed by atoms with E-state index in [0.717, 1.165) is 5.56 Å². The molecule has 1 saturated carbocycles. The van der Waals surface area contributed by atoms with E-state index in [2.05, 4.69) is 0 Å². The van der Waals surface area contributed by atoms with E-state index in [9.17, 15) is 17.2 Å². The summed E-state index contributed by atoms with van der Waals surface area (Å²) < 4.78 is 61.8. The molecule has 0 radical (unpaired) electrons. The number of hydrogen-bond acceptors (Lipinski definition) is 3. The maximum atomic E-state index is 13.7. The van der Waals surface area contributed by atoms with E-state index in [-0.39, 0.29) is 19.4 Å². The molecule has 1 fully saturated rings. The van der Waals surface area contributed by atoms with E-state index in [4.69, 9.17) is 9.29 Å². The summed E-state index contributed by atoms with van der Waals surface area (Å²) in [6.45, 7) is -0.825. The van der Waals surface area contributed by atoms with Gasteiger partial charge in [0.2, 0.25) is 0 Å². The van der Waals surface area contributed by atoms with Gasteiger partial charge >= 0.3 is 0 Å². The highest BCUT2D eigenvalue weighted by atomic mass is 32.2. The smallest absolute Gasteiger partial charge is 0.272 e. The molecule has 0 unspecified atom stereocenters.